The van der Waals surface area contributed by atoms with Crippen molar-refractivity contribution in [3.05, 3.63) is 48.3 Å². The van der Waals surface area contributed by atoms with Crippen LogP contribution in [-0.4, -0.2) is 20.1 Å². The van der Waals surface area contributed by atoms with Gasteiger partial charge in [-0.05, 0) is 23.8 Å². The van der Waals surface area contributed by atoms with Gasteiger partial charge in [0.25, 0.3) is 5.89 Å². The van der Waals surface area contributed by atoms with Crippen molar-refractivity contribution in [1.82, 2.24) is 20.1 Å². The van der Waals surface area contributed by atoms with E-state index >= 15 is 0 Å². The lowest BCUT2D eigenvalue weighted by atomic mass is 10.1. The standard InChI is InChI=1S/C13H11N5O/c14-8-9-2-4-10(5-3-9)13-17-12(18-19-13)11-15-6-1-7-16-11/h1-7H,8,14H2. The molecule has 2 N–H and O–H groups in total. The summed E-state index contributed by atoms with van der Waals surface area (Å²) in [6.45, 7) is 0.507. The minimum Gasteiger partial charge on any atom is -0.334 e. The normalized spacial score (nSPS) is 10.6. The van der Waals surface area contributed by atoms with Crippen LogP contribution in [0, 0.1) is 0 Å². The zero-order valence-electron chi connectivity index (χ0n) is 10.0. The molecule has 6 nitrogen and oxygen atoms in total. The second-order valence-corrected chi connectivity index (χ2v) is 3.90. The lowest BCUT2D eigenvalue weighted by Crippen LogP contribution is -1.95. The van der Waals surface area contributed by atoms with E-state index < -0.39 is 0 Å². The van der Waals surface area contributed by atoms with Gasteiger partial charge in [0.15, 0.2) is 0 Å². The monoisotopic (exact) mass is 253 g/mol. The molecular formula is C13H11N5O. The summed E-state index contributed by atoms with van der Waals surface area (Å²) in [5.74, 6) is 1.25. The summed E-state index contributed by atoms with van der Waals surface area (Å²) in [5, 5.41) is 3.87. The van der Waals surface area contributed by atoms with Crippen LogP contribution in [0.1, 0.15) is 5.56 Å². The average Bonchev–Trinajstić information content (AvgIpc) is 2.98. The SMILES string of the molecule is NCc1ccc(-c2nc(-c3ncccn3)no2)cc1. The van der Waals surface area contributed by atoms with E-state index in [1.165, 1.54) is 0 Å². The van der Waals surface area contributed by atoms with Gasteiger partial charge < -0.3 is 10.3 Å². The molecular weight excluding hydrogens is 242 g/mol. The molecule has 0 radical (unpaired) electrons. The van der Waals surface area contributed by atoms with Crippen molar-refractivity contribution < 1.29 is 4.52 Å². The molecule has 0 saturated heterocycles. The van der Waals surface area contributed by atoms with E-state index in [9.17, 15) is 0 Å². The number of benzene rings is 1. The van der Waals surface area contributed by atoms with E-state index in [1.54, 1.807) is 18.5 Å². The highest BCUT2D eigenvalue weighted by molar-refractivity contribution is 5.56. The largest absolute Gasteiger partial charge is 0.334 e. The lowest BCUT2D eigenvalue weighted by Gasteiger charge is -1.97. The first kappa shape index (κ1) is 11.5. The summed E-state index contributed by atoms with van der Waals surface area (Å²) in [4.78, 5) is 12.4. The Balaban J connectivity index is 1.92. The van der Waals surface area contributed by atoms with Crippen LogP contribution in [0.15, 0.2) is 47.2 Å². The Bertz CT molecular complexity index is 663. The Morgan fingerprint density at radius 3 is 2.42 bits per heavy atom. The number of nitrogens with two attached hydrogens (primary N) is 1. The van der Waals surface area contributed by atoms with Crippen LogP contribution in [-0.2, 0) is 6.54 Å². The maximum Gasteiger partial charge on any atom is 0.258 e. The smallest absolute Gasteiger partial charge is 0.258 e. The fourth-order valence-electron chi connectivity index (χ4n) is 1.63. The molecule has 0 amide bonds. The van der Waals surface area contributed by atoms with Gasteiger partial charge in [-0.2, -0.15) is 4.98 Å². The maximum absolute atomic E-state index is 5.55. The summed E-state index contributed by atoms with van der Waals surface area (Å²) in [6, 6.07) is 9.38. The van der Waals surface area contributed by atoms with E-state index in [4.69, 9.17) is 10.3 Å². The predicted octanol–water partition coefficient (Wildman–Crippen LogP) is 1.65. The summed E-state index contributed by atoms with van der Waals surface area (Å²) in [5.41, 5.74) is 7.44. The van der Waals surface area contributed by atoms with Gasteiger partial charge in [0.05, 0.1) is 0 Å². The summed E-state index contributed by atoms with van der Waals surface area (Å²) < 4.78 is 5.21. The highest BCUT2D eigenvalue weighted by Gasteiger charge is 2.11. The molecule has 1 aromatic carbocycles. The van der Waals surface area contributed by atoms with Gasteiger partial charge in [-0.15, -0.1) is 0 Å². The van der Waals surface area contributed by atoms with Gasteiger partial charge >= 0.3 is 0 Å². The van der Waals surface area contributed by atoms with Gasteiger partial charge in [0.2, 0.25) is 11.6 Å². The molecule has 0 aliphatic rings. The fraction of sp³-hybridized carbons (Fsp3) is 0.0769. The van der Waals surface area contributed by atoms with Gasteiger partial charge in [0.1, 0.15) is 0 Å². The molecule has 3 rings (SSSR count). The van der Waals surface area contributed by atoms with Crippen molar-refractivity contribution in [3.63, 3.8) is 0 Å². The maximum atomic E-state index is 5.55. The molecule has 6 heteroatoms. The second kappa shape index (κ2) is 4.95. The van der Waals surface area contributed by atoms with E-state index in [0.717, 1.165) is 11.1 Å². The van der Waals surface area contributed by atoms with Crippen molar-refractivity contribution in [2.45, 2.75) is 6.54 Å². The van der Waals surface area contributed by atoms with Crippen molar-refractivity contribution in [3.8, 4) is 23.1 Å². The molecule has 0 fully saturated rings. The minimum atomic E-state index is 0.374. The van der Waals surface area contributed by atoms with Crippen LogP contribution in [0.2, 0.25) is 0 Å². The van der Waals surface area contributed by atoms with E-state index in [2.05, 4.69) is 20.1 Å². The van der Waals surface area contributed by atoms with Crippen molar-refractivity contribution >= 4 is 0 Å². The van der Waals surface area contributed by atoms with Crippen molar-refractivity contribution in [2.24, 2.45) is 5.73 Å². The fourth-order valence-corrected chi connectivity index (χ4v) is 1.63. The zero-order valence-corrected chi connectivity index (χ0v) is 10.0. The highest BCUT2D eigenvalue weighted by atomic mass is 16.5. The number of hydrogen-bond acceptors (Lipinski definition) is 6. The topological polar surface area (TPSA) is 90.7 Å². The first-order valence-corrected chi connectivity index (χ1v) is 5.77. The second-order valence-electron chi connectivity index (χ2n) is 3.90. The molecule has 0 saturated carbocycles. The summed E-state index contributed by atoms with van der Waals surface area (Å²) in [7, 11) is 0. The molecule has 2 heterocycles. The molecule has 3 aromatic rings. The number of aromatic nitrogens is 4. The lowest BCUT2D eigenvalue weighted by molar-refractivity contribution is 0.432. The number of hydrogen-bond donors (Lipinski definition) is 1. The van der Waals surface area contributed by atoms with Gasteiger partial charge in [-0.25, -0.2) is 9.97 Å². The summed E-state index contributed by atoms with van der Waals surface area (Å²) >= 11 is 0. The quantitative estimate of drug-likeness (QED) is 0.763. The third kappa shape index (κ3) is 2.34. The minimum absolute atomic E-state index is 0.374. The number of rotatable bonds is 3. The van der Waals surface area contributed by atoms with Gasteiger partial charge in [0, 0.05) is 24.5 Å². The third-order valence-corrected chi connectivity index (χ3v) is 2.63. The van der Waals surface area contributed by atoms with Crippen molar-refractivity contribution in [1.29, 1.82) is 0 Å². The van der Waals surface area contributed by atoms with Crippen LogP contribution in [0.4, 0.5) is 0 Å². The average molecular weight is 253 g/mol. The van der Waals surface area contributed by atoms with Crippen LogP contribution in [0.3, 0.4) is 0 Å². The Hall–Kier alpha value is -2.60. The predicted molar refractivity (Wildman–Crippen MR) is 68.7 cm³/mol. The van der Waals surface area contributed by atoms with Crippen LogP contribution in [0.5, 0.6) is 0 Å². The Morgan fingerprint density at radius 1 is 1.00 bits per heavy atom. The van der Waals surface area contributed by atoms with Crippen molar-refractivity contribution in [2.75, 3.05) is 0 Å². The molecule has 0 aliphatic heterocycles. The molecule has 0 bridgehead atoms. The van der Waals surface area contributed by atoms with Crippen LogP contribution >= 0.6 is 0 Å². The summed E-state index contributed by atoms with van der Waals surface area (Å²) in [6.07, 6.45) is 3.27. The highest BCUT2D eigenvalue weighted by Crippen LogP contribution is 2.20. The molecule has 2 aromatic heterocycles. The molecule has 19 heavy (non-hydrogen) atoms. The first-order chi connectivity index (χ1) is 9.36. The third-order valence-electron chi connectivity index (χ3n) is 2.63. The first-order valence-electron chi connectivity index (χ1n) is 5.77. The number of nitrogens with zero attached hydrogens (tertiary/aromatic N) is 4. The van der Waals surface area contributed by atoms with E-state index in [-0.39, 0.29) is 0 Å². The van der Waals surface area contributed by atoms with Crippen LogP contribution < -0.4 is 5.73 Å². The zero-order chi connectivity index (χ0) is 13.1. The Morgan fingerprint density at radius 2 is 1.74 bits per heavy atom. The van der Waals surface area contributed by atoms with E-state index in [0.29, 0.717) is 24.1 Å². The molecule has 0 spiro atoms. The molecule has 0 atom stereocenters. The van der Waals surface area contributed by atoms with Gasteiger partial charge in [-0.1, -0.05) is 17.3 Å². The van der Waals surface area contributed by atoms with E-state index in [1.807, 2.05) is 24.3 Å². The Kier molecular flexibility index (Phi) is 2.99. The molecule has 0 aliphatic carbocycles. The molecule has 94 valence electrons. The molecule has 0 unspecified atom stereocenters. The van der Waals surface area contributed by atoms with Crippen LogP contribution in [0.25, 0.3) is 23.1 Å². The van der Waals surface area contributed by atoms with Gasteiger partial charge in [-0.3, -0.25) is 0 Å². The Labute approximate surface area is 109 Å².